The SMILES string of the molecule is CCCCCCCC(C)OP(=O)(O)O.OC(Cn1cncn1)(Cn1cncn1)c1ccc(F)cc1F. The molecule has 0 bridgehead atoms. The molecule has 1 aromatic carbocycles. The first-order valence-corrected chi connectivity index (χ1v) is 13.1. The molecule has 11 nitrogen and oxygen atoms in total. The standard InChI is InChI=1S/C13H12F2N6O.C9H21O4P/c14-10-1-2-11(12(15)3-10)13(22,4-20-8-16-6-18-20)5-21-9-17-7-19-21;1-3-4-5-6-7-8-9(2)13-14(10,11)12/h1-3,6-9,22H,4-5H2;9H,3-8H2,1-2H3,(H2,10,11,12). The molecule has 0 aliphatic heterocycles. The first-order chi connectivity index (χ1) is 17.0. The van der Waals surface area contributed by atoms with Crippen molar-refractivity contribution in [1.29, 1.82) is 0 Å². The van der Waals surface area contributed by atoms with Crippen LogP contribution in [-0.4, -0.2) is 50.5 Å². The van der Waals surface area contributed by atoms with Crippen LogP contribution in [0.2, 0.25) is 0 Å². The Labute approximate surface area is 208 Å². The highest BCUT2D eigenvalue weighted by Crippen LogP contribution is 2.38. The van der Waals surface area contributed by atoms with Crippen molar-refractivity contribution < 1.29 is 32.8 Å². The normalized spacial score (nSPS) is 12.8. The number of phosphoric ester groups is 1. The molecule has 3 aromatic rings. The van der Waals surface area contributed by atoms with Crippen LogP contribution < -0.4 is 0 Å². The smallest absolute Gasteiger partial charge is 0.381 e. The number of unbranched alkanes of at least 4 members (excludes halogenated alkanes) is 4. The van der Waals surface area contributed by atoms with Gasteiger partial charge in [-0.15, -0.1) is 0 Å². The first-order valence-electron chi connectivity index (χ1n) is 11.6. The number of hydrogen-bond donors (Lipinski definition) is 3. The molecule has 1 unspecified atom stereocenters. The molecule has 3 rings (SSSR count). The summed E-state index contributed by atoms with van der Waals surface area (Å²) in [5.74, 6) is -1.56. The van der Waals surface area contributed by atoms with E-state index in [0.717, 1.165) is 31.4 Å². The molecule has 0 fully saturated rings. The zero-order valence-electron chi connectivity index (χ0n) is 20.3. The number of hydrogen-bond acceptors (Lipinski definition) is 7. The van der Waals surface area contributed by atoms with Crippen LogP contribution in [0.3, 0.4) is 0 Å². The Kier molecular flexibility index (Phi) is 11.7. The topological polar surface area (TPSA) is 148 Å². The van der Waals surface area contributed by atoms with Gasteiger partial charge in [-0.05, 0) is 19.4 Å². The fourth-order valence-corrected chi connectivity index (χ4v) is 4.15. The van der Waals surface area contributed by atoms with E-state index in [2.05, 4.69) is 31.6 Å². The summed E-state index contributed by atoms with van der Waals surface area (Å²) in [4.78, 5) is 24.6. The largest absolute Gasteiger partial charge is 0.469 e. The van der Waals surface area contributed by atoms with Crippen molar-refractivity contribution in [2.24, 2.45) is 0 Å². The Morgan fingerprint density at radius 2 is 1.61 bits per heavy atom. The minimum Gasteiger partial charge on any atom is -0.381 e. The van der Waals surface area contributed by atoms with Crippen LogP contribution in [0.5, 0.6) is 0 Å². The Morgan fingerprint density at radius 1 is 1.03 bits per heavy atom. The summed E-state index contributed by atoms with van der Waals surface area (Å²) in [6.45, 7) is 3.70. The third-order valence-electron chi connectivity index (χ3n) is 5.24. The lowest BCUT2D eigenvalue weighted by Gasteiger charge is -2.28. The zero-order chi connectivity index (χ0) is 26.6. The van der Waals surface area contributed by atoms with Crippen molar-refractivity contribution in [2.75, 3.05) is 0 Å². The maximum absolute atomic E-state index is 14.1. The van der Waals surface area contributed by atoms with Gasteiger partial charge in [0.1, 0.15) is 42.5 Å². The lowest BCUT2D eigenvalue weighted by Crippen LogP contribution is -2.37. The van der Waals surface area contributed by atoms with Gasteiger partial charge in [-0.25, -0.2) is 32.7 Å². The van der Waals surface area contributed by atoms with Crippen LogP contribution in [0.15, 0.2) is 43.5 Å². The molecule has 0 saturated carbocycles. The summed E-state index contributed by atoms with van der Waals surface area (Å²) in [6, 6.07) is 3.02. The molecule has 0 radical (unpaired) electrons. The quantitative estimate of drug-likeness (QED) is 0.223. The van der Waals surface area contributed by atoms with Gasteiger partial charge in [0.05, 0.1) is 19.2 Å². The highest BCUT2D eigenvalue weighted by Gasteiger charge is 2.34. The van der Waals surface area contributed by atoms with E-state index in [1.165, 1.54) is 60.0 Å². The van der Waals surface area contributed by atoms with E-state index < -0.39 is 25.1 Å². The average Bonchev–Trinajstić information content (AvgIpc) is 3.47. The van der Waals surface area contributed by atoms with E-state index in [-0.39, 0.29) is 24.8 Å². The molecule has 0 aliphatic carbocycles. The van der Waals surface area contributed by atoms with Gasteiger partial charge in [0.25, 0.3) is 0 Å². The van der Waals surface area contributed by atoms with E-state index in [0.29, 0.717) is 0 Å². The van der Waals surface area contributed by atoms with Crippen molar-refractivity contribution in [1.82, 2.24) is 29.5 Å². The Bertz CT molecular complexity index is 1030. The van der Waals surface area contributed by atoms with Gasteiger partial charge >= 0.3 is 7.82 Å². The second-order valence-electron chi connectivity index (χ2n) is 8.45. The number of aliphatic hydroxyl groups is 1. The predicted molar refractivity (Wildman–Crippen MR) is 126 cm³/mol. The first kappa shape index (κ1) is 29.7. The maximum Gasteiger partial charge on any atom is 0.469 e. The third kappa shape index (κ3) is 10.6. The van der Waals surface area contributed by atoms with Crippen molar-refractivity contribution in [3.05, 3.63) is 60.7 Å². The van der Waals surface area contributed by atoms with Crippen molar-refractivity contribution >= 4 is 7.82 Å². The molecule has 0 spiro atoms. The molecular formula is C22H33F2N6O5P. The molecule has 3 N–H and O–H groups in total. The number of nitrogens with zero attached hydrogens (tertiary/aromatic N) is 6. The van der Waals surface area contributed by atoms with E-state index in [4.69, 9.17) is 9.79 Å². The van der Waals surface area contributed by atoms with Crippen LogP contribution in [0.1, 0.15) is 57.9 Å². The fraction of sp³-hybridized carbons (Fsp3) is 0.545. The molecule has 200 valence electrons. The average molecular weight is 531 g/mol. The number of aromatic nitrogens is 6. The van der Waals surface area contributed by atoms with Crippen LogP contribution in [-0.2, 0) is 27.8 Å². The van der Waals surface area contributed by atoms with Crippen molar-refractivity contribution in [3.63, 3.8) is 0 Å². The van der Waals surface area contributed by atoms with Crippen molar-refractivity contribution in [3.8, 4) is 0 Å². The highest BCUT2D eigenvalue weighted by atomic mass is 31.2. The van der Waals surface area contributed by atoms with Crippen LogP contribution in [0, 0.1) is 11.6 Å². The molecule has 2 heterocycles. The third-order valence-corrected chi connectivity index (χ3v) is 5.88. The minimum atomic E-state index is -4.28. The Hall–Kier alpha value is -2.57. The summed E-state index contributed by atoms with van der Waals surface area (Å²) in [5, 5.41) is 18.8. The van der Waals surface area contributed by atoms with E-state index in [1.807, 2.05) is 0 Å². The molecule has 1 atom stereocenters. The molecule has 14 heteroatoms. The molecule has 36 heavy (non-hydrogen) atoms. The lowest BCUT2D eigenvalue weighted by molar-refractivity contribution is -0.00856. The van der Waals surface area contributed by atoms with Crippen LogP contribution >= 0.6 is 7.82 Å². The maximum atomic E-state index is 14.1. The zero-order valence-corrected chi connectivity index (χ0v) is 21.2. The number of benzene rings is 1. The lowest BCUT2D eigenvalue weighted by atomic mass is 9.93. The van der Waals surface area contributed by atoms with Gasteiger partial charge in [0, 0.05) is 11.6 Å². The minimum absolute atomic E-state index is 0.0556. The van der Waals surface area contributed by atoms with Crippen molar-refractivity contribution in [2.45, 2.75) is 77.2 Å². The molecule has 2 aromatic heterocycles. The summed E-state index contributed by atoms with van der Waals surface area (Å²) >= 11 is 0. The van der Waals surface area contributed by atoms with Crippen LogP contribution in [0.25, 0.3) is 0 Å². The number of halogens is 2. The van der Waals surface area contributed by atoms with Gasteiger partial charge in [-0.1, -0.05) is 45.1 Å². The second kappa shape index (κ2) is 14.2. The summed E-state index contributed by atoms with van der Waals surface area (Å²) in [6.07, 6.45) is 11.5. The number of rotatable bonds is 13. The van der Waals surface area contributed by atoms with Gasteiger partial charge in [0.2, 0.25) is 0 Å². The van der Waals surface area contributed by atoms with E-state index in [1.54, 1.807) is 6.92 Å². The predicted octanol–water partition coefficient (Wildman–Crippen LogP) is 3.58. The van der Waals surface area contributed by atoms with Gasteiger partial charge in [-0.3, -0.25) is 4.52 Å². The Balaban J connectivity index is 0.000000284. The Morgan fingerprint density at radius 3 is 2.08 bits per heavy atom. The van der Waals surface area contributed by atoms with Crippen LogP contribution in [0.4, 0.5) is 8.78 Å². The highest BCUT2D eigenvalue weighted by molar-refractivity contribution is 7.46. The molecular weight excluding hydrogens is 497 g/mol. The second-order valence-corrected chi connectivity index (χ2v) is 9.64. The summed E-state index contributed by atoms with van der Waals surface area (Å²) in [5.41, 5.74) is -1.75. The number of phosphoric acid groups is 1. The molecule has 0 saturated heterocycles. The van der Waals surface area contributed by atoms with Gasteiger partial charge in [-0.2, -0.15) is 10.2 Å². The summed E-state index contributed by atoms with van der Waals surface area (Å²) in [7, 11) is -4.28. The van der Waals surface area contributed by atoms with E-state index >= 15 is 0 Å². The monoisotopic (exact) mass is 530 g/mol. The molecule has 0 amide bonds. The van der Waals surface area contributed by atoms with Gasteiger partial charge < -0.3 is 14.9 Å². The van der Waals surface area contributed by atoms with Gasteiger partial charge in [0.15, 0.2) is 0 Å². The summed E-state index contributed by atoms with van der Waals surface area (Å²) < 4.78 is 44.9. The van der Waals surface area contributed by atoms with E-state index in [9.17, 15) is 18.5 Å². The molecule has 0 aliphatic rings. The fourth-order valence-electron chi connectivity index (χ4n) is 3.57.